The molecule has 50 heavy (non-hydrogen) atoms. The second kappa shape index (κ2) is 12.2. The van der Waals surface area contributed by atoms with Crippen LogP contribution in [0.15, 0.2) is 48.5 Å². The number of carbonyl (C=O) groups is 1. The first-order valence-electron chi connectivity index (χ1n) is 16.9. The van der Waals surface area contributed by atoms with Crippen LogP contribution in [0.25, 0.3) is 11.1 Å². The number of aromatic hydroxyl groups is 2. The molecule has 5 N–H and O–H groups in total. The van der Waals surface area contributed by atoms with Crippen LogP contribution in [0.4, 0.5) is 5.82 Å². The third-order valence-electron chi connectivity index (χ3n) is 10.8. The van der Waals surface area contributed by atoms with Gasteiger partial charge in [-0.05, 0) is 90.5 Å². The number of aliphatic hydroxyl groups excluding tert-OH is 1. The van der Waals surface area contributed by atoms with Crippen LogP contribution in [0.3, 0.4) is 0 Å². The number of esters is 1. The van der Waals surface area contributed by atoms with Crippen molar-refractivity contribution in [2.24, 2.45) is 5.92 Å². The Morgan fingerprint density at radius 3 is 2.74 bits per heavy atom. The summed E-state index contributed by atoms with van der Waals surface area (Å²) in [6.07, 6.45) is 3.75. The van der Waals surface area contributed by atoms with Crippen LogP contribution < -0.4 is 19.9 Å². The van der Waals surface area contributed by atoms with Crippen LogP contribution in [0.2, 0.25) is 0 Å². The summed E-state index contributed by atoms with van der Waals surface area (Å²) in [6, 6.07) is 14.7. The van der Waals surface area contributed by atoms with Crippen LogP contribution in [0.5, 0.6) is 28.7 Å². The average Bonchev–Trinajstić information content (AvgIpc) is 3.65. The number of nitrogens with two attached hydrogens (primary N) is 1. The van der Waals surface area contributed by atoms with Crippen molar-refractivity contribution in [1.29, 1.82) is 0 Å². The summed E-state index contributed by atoms with van der Waals surface area (Å²) in [5.41, 5.74) is 13.6. The highest BCUT2D eigenvalue weighted by Crippen LogP contribution is 2.62. The van der Waals surface area contributed by atoms with E-state index in [1.807, 2.05) is 18.2 Å². The molecule has 1 fully saturated rings. The van der Waals surface area contributed by atoms with E-state index in [-0.39, 0.29) is 41.6 Å². The molecule has 256 valence electrons. The first-order valence-corrected chi connectivity index (χ1v) is 16.9. The van der Waals surface area contributed by atoms with E-state index < -0.39 is 18.9 Å². The lowest BCUT2D eigenvalue weighted by Crippen LogP contribution is -2.31. The van der Waals surface area contributed by atoms with Crippen molar-refractivity contribution in [3.05, 3.63) is 87.6 Å². The summed E-state index contributed by atoms with van der Waals surface area (Å²) in [4.78, 5) is 16.8. The number of benzene rings is 3. The van der Waals surface area contributed by atoms with Gasteiger partial charge in [-0.2, -0.15) is 0 Å². The summed E-state index contributed by atoms with van der Waals surface area (Å²) >= 11 is 0. The molecular formula is C40H38N2O8. The third kappa shape index (κ3) is 5.24. The number of aliphatic hydroxyl groups is 1. The molecule has 10 heteroatoms. The topological polar surface area (TPSA) is 154 Å². The maximum Gasteiger partial charge on any atom is 0.302 e. The molecule has 4 aromatic rings. The highest BCUT2D eigenvalue weighted by atomic mass is 16.6. The Hall–Kier alpha value is -5.40. The number of aromatic nitrogens is 1. The number of rotatable bonds is 5. The SMILES string of the molecule is COc1cc2c(cc1O)CC#Cc1nc(N)ccc1C[C@@H]1CC[C@]3(Cc4cc(O)cc(OCO)c4-c4ccc5c(c43)O[C@H]2[C@@H]5COC(C)=O)C1. The Kier molecular flexibility index (Phi) is 7.76. The number of hydrogen-bond donors (Lipinski definition) is 4. The maximum atomic E-state index is 12.2. The molecule has 3 heterocycles. The minimum atomic E-state index is -0.600. The molecule has 0 radical (unpaired) electrons. The van der Waals surface area contributed by atoms with Crippen molar-refractivity contribution < 1.29 is 39.1 Å². The van der Waals surface area contributed by atoms with E-state index in [9.17, 15) is 20.1 Å². The molecule has 4 bridgehead atoms. The largest absolute Gasteiger partial charge is 0.508 e. The summed E-state index contributed by atoms with van der Waals surface area (Å²) in [6.45, 7) is 0.927. The van der Waals surface area contributed by atoms with E-state index in [1.54, 1.807) is 18.2 Å². The van der Waals surface area contributed by atoms with Gasteiger partial charge in [0.15, 0.2) is 18.3 Å². The molecule has 2 aliphatic carbocycles. The number of anilines is 1. The molecule has 0 saturated heterocycles. The molecule has 1 saturated carbocycles. The van der Waals surface area contributed by atoms with Crippen molar-refractivity contribution in [3.63, 3.8) is 0 Å². The van der Waals surface area contributed by atoms with E-state index in [0.29, 0.717) is 29.6 Å². The summed E-state index contributed by atoms with van der Waals surface area (Å²) in [7, 11) is 1.50. The molecular weight excluding hydrogens is 636 g/mol. The minimum absolute atomic E-state index is 0.0225. The summed E-state index contributed by atoms with van der Waals surface area (Å²) in [5.74, 6) is 7.96. The molecule has 8 rings (SSSR count). The number of ether oxygens (including phenoxy) is 4. The molecule has 1 aromatic heterocycles. The molecule has 1 spiro atoms. The molecule has 10 nitrogen and oxygen atoms in total. The highest BCUT2D eigenvalue weighted by Gasteiger charge is 2.51. The predicted molar refractivity (Wildman–Crippen MR) is 184 cm³/mol. The number of fused-ring (bicyclic) bond motifs is 7. The van der Waals surface area contributed by atoms with E-state index in [0.717, 1.165) is 75.9 Å². The number of phenols is 2. The fourth-order valence-corrected chi connectivity index (χ4v) is 8.85. The summed E-state index contributed by atoms with van der Waals surface area (Å²) < 4.78 is 24.1. The van der Waals surface area contributed by atoms with Gasteiger partial charge in [0.25, 0.3) is 0 Å². The van der Waals surface area contributed by atoms with E-state index in [4.69, 9.17) is 24.7 Å². The lowest BCUT2D eigenvalue weighted by Gasteiger charge is -2.39. The molecule has 4 atom stereocenters. The Morgan fingerprint density at radius 1 is 1.08 bits per heavy atom. The number of hydrogen-bond acceptors (Lipinski definition) is 10. The monoisotopic (exact) mass is 674 g/mol. The van der Waals surface area contributed by atoms with Gasteiger partial charge in [-0.1, -0.05) is 24.1 Å². The van der Waals surface area contributed by atoms with E-state index in [2.05, 4.69) is 22.9 Å². The zero-order valence-corrected chi connectivity index (χ0v) is 27.9. The Morgan fingerprint density at radius 2 is 1.94 bits per heavy atom. The number of carbonyl (C=O) groups excluding carboxylic acids is 1. The number of phenolic OH excluding ortho intramolecular Hbond substituents is 2. The van der Waals surface area contributed by atoms with Gasteiger partial charge in [-0.3, -0.25) is 4.79 Å². The fraction of sp³-hybridized carbons (Fsp3) is 0.350. The third-order valence-corrected chi connectivity index (χ3v) is 10.8. The first-order chi connectivity index (χ1) is 24.2. The van der Waals surface area contributed by atoms with E-state index >= 15 is 0 Å². The maximum absolute atomic E-state index is 12.2. The zero-order chi connectivity index (χ0) is 34.7. The van der Waals surface area contributed by atoms with Gasteiger partial charge in [0.1, 0.15) is 41.5 Å². The van der Waals surface area contributed by atoms with Crippen molar-refractivity contribution in [2.75, 3.05) is 26.2 Å². The number of pyridine rings is 1. The highest BCUT2D eigenvalue weighted by molar-refractivity contribution is 5.84. The summed E-state index contributed by atoms with van der Waals surface area (Å²) in [5, 5.41) is 31.5. The lowest BCUT2D eigenvalue weighted by molar-refractivity contribution is -0.141. The molecule has 0 unspecified atom stereocenters. The second-order valence-corrected chi connectivity index (χ2v) is 13.8. The van der Waals surface area contributed by atoms with Crippen LogP contribution in [-0.4, -0.2) is 46.8 Å². The minimum Gasteiger partial charge on any atom is -0.508 e. The van der Waals surface area contributed by atoms with Crippen molar-refractivity contribution in [2.45, 2.75) is 62.9 Å². The van der Waals surface area contributed by atoms with Crippen molar-refractivity contribution in [1.82, 2.24) is 4.98 Å². The van der Waals surface area contributed by atoms with Gasteiger partial charge in [0.05, 0.1) is 13.0 Å². The molecule has 0 amide bonds. The molecule has 4 aliphatic rings. The Bertz CT molecular complexity index is 2120. The van der Waals surface area contributed by atoms with Crippen molar-refractivity contribution >= 4 is 11.8 Å². The van der Waals surface area contributed by atoms with Crippen molar-refractivity contribution in [3.8, 4) is 51.7 Å². The second-order valence-electron chi connectivity index (χ2n) is 13.8. The zero-order valence-electron chi connectivity index (χ0n) is 27.9. The first kappa shape index (κ1) is 31.8. The molecule has 2 aliphatic heterocycles. The van der Waals surface area contributed by atoms with Crippen LogP contribution in [0.1, 0.15) is 77.3 Å². The fourth-order valence-electron chi connectivity index (χ4n) is 8.85. The van der Waals surface area contributed by atoms with Crippen LogP contribution >= 0.6 is 0 Å². The normalized spacial score (nSPS) is 22.3. The van der Waals surface area contributed by atoms with Crippen LogP contribution in [0, 0.1) is 17.8 Å². The smallest absolute Gasteiger partial charge is 0.302 e. The van der Waals surface area contributed by atoms with Crippen LogP contribution in [-0.2, 0) is 34.2 Å². The number of nitrogen functional groups attached to an aromatic ring is 1. The lowest BCUT2D eigenvalue weighted by atomic mass is 9.65. The van der Waals surface area contributed by atoms with Gasteiger partial charge >= 0.3 is 5.97 Å². The van der Waals surface area contributed by atoms with Gasteiger partial charge < -0.3 is 40.0 Å². The van der Waals surface area contributed by atoms with Gasteiger partial charge in [0.2, 0.25) is 0 Å². The average molecular weight is 675 g/mol. The van der Waals surface area contributed by atoms with Gasteiger partial charge in [-0.25, -0.2) is 4.98 Å². The Labute approximate surface area is 289 Å². The van der Waals surface area contributed by atoms with Gasteiger partial charge in [0, 0.05) is 47.1 Å². The van der Waals surface area contributed by atoms with E-state index in [1.165, 1.54) is 20.1 Å². The quantitative estimate of drug-likeness (QED) is 0.119. The number of methoxy groups -OCH3 is 1. The predicted octanol–water partition coefficient (Wildman–Crippen LogP) is 5.60. The Balaban J connectivity index is 1.40. The number of nitrogens with zero attached hydrogens (tertiary/aromatic N) is 1. The van der Waals surface area contributed by atoms with Gasteiger partial charge in [-0.15, -0.1) is 0 Å². The molecule has 3 aromatic carbocycles. The standard InChI is InChI=1S/C40H38N2O8/c1-21(44)48-19-30-27-7-8-28-36-25(13-26(45)15-34(36)49-20-43)18-40-11-10-22(17-40)12-24-6-9-35(41)42-31(24)5-3-4-23-14-32(46)33(47-2)16-29(23)38(30)50-39(27)37(28)40/h6-9,13-16,22,30,38,43,45-46H,4,10-12,17-20H2,1-2H3,(H2,41,42)/t22-,30+,38+,40+/m0/s1.